The highest BCUT2D eigenvalue weighted by atomic mass is 32.2. The van der Waals surface area contributed by atoms with Gasteiger partial charge in [-0.2, -0.15) is 0 Å². The van der Waals surface area contributed by atoms with Gasteiger partial charge in [-0.1, -0.05) is 6.07 Å². The van der Waals surface area contributed by atoms with E-state index in [2.05, 4.69) is 5.32 Å². The molecule has 0 aliphatic carbocycles. The summed E-state index contributed by atoms with van der Waals surface area (Å²) in [6, 6.07) is 10.3. The fourth-order valence-corrected chi connectivity index (χ4v) is 4.69. The number of hydrogen-bond donors (Lipinski definition) is 1. The Bertz CT molecular complexity index is 1110. The maximum Gasteiger partial charge on any atom is 0.241 e. The summed E-state index contributed by atoms with van der Waals surface area (Å²) >= 11 is 0. The molecule has 32 heavy (non-hydrogen) atoms. The predicted molar refractivity (Wildman–Crippen MR) is 123 cm³/mol. The van der Waals surface area contributed by atoms with Gasteiger partial charge in [0.2, 0.25) is 15.9 Å². The van der Waals surface area contributed by atoms with E-state index in [9.17, 15) is 13.2 Å². The van der Waals surface area contributed by atoms with E-state index >= 15 is 0 Å². The third kappa shape index (κ3) is 5.27. The summed E-state index contributed by atoms with van der Waals surface area (Å²) in [6.45, 7) is 5.35. The first-order valence-corrected chi connectivity index (χ1v) is 12.1. The summed E-state index contributed by atoms with van der Waals surface area (Å²) in [5.41, 5.74) is 1.47. The van der Waals surface area contributed by atoms with E-state index in [0.29, 0.717) is 29.4 Å². The molecule has 1 aliphatic rings. The van der Waals surface area contributed by atoms with Crippen LogP contribution in [-0.2, 0) is 14.8 Å². The van der Waals surface area contributed by atoms with Crippen LogP contribution in [0.15, 0.2) is 36.4 Å². The number of fused-ring (bicyclic) bond motifs is 1. The van der Waals surface area contributed by atoms with E-state index in [4.69, 9.17) is 14.2 Å². The van der Waals surface area contributed by atoms with Gasteiger partial charge >= 0.3 is 0 Å². The van der Waals surface area contributed by atoms with Crippen LogP contribution >= 0.6 is 0 Å². The van der Waals surface area contributed by atoms with Crippen LogP contribution in [0.1, 0.15) is 37.4 Å². The van der Waals surface area contributed by atoms with Gasteiger partial charge in [0, 0.05) is 18.1 Å². The maximum absolute atomic E-state index is 13.0. The monoisotopic (exact) mass is 462 g/mol. The van der Waals surface area contributed by atoms with Crippen molar-refractivity contribution in [1.29, 1.82) is 0 Å². The van der Waals surface area contributed by atoms with Gasteiger partial charge in [0.15, 0.2) is 0 Å². The Balaban J connectivity index is 1.89. The fourth-order valence-electron chi connectivity index (χ4n) is 3.83. The molecule has 0 aromatic heterocycles. The van der Waals surface area contributed by atoms with Gasteiger partial charge in [0.05, 0.1) is 32.2 Å². The van der Waals surface area contributed by atoms with Gasteiger partial charge in [-0.25, -0.2) is 8.42 Å². The number of rotatable bonds is 7. The Morgan fingerprint density at radius 2 is 1.91 bits per heavy atom. The zero-order chi connectivity index (χ0) is 23.7. The number of nitrogens with zero attached hydrogens (tertiary/aromatic N) is 1. The molecule has 1 N–H and O–H groups in total. The molecule has 0 fully saturated rings. The van der Waals surface area contributed by atoms with Crippen molar-refractivity contribution in [2.75, 3.05) is 31.3 Å². The summed E-state index contributed by atoms with van der Waals surface area (Å²) in [4.78, 5) is 13.0. The number of nitrogens with one attached hydrogen (secondary N) is 1. The summed E-state index contributed by atoms with van der Waals surface area (Å²) in [5.74, 6) is 1.23. The van der Waals surface area contributed by atoms with Gasteiger partial charge in [-0.05, 0) is 50.6 Å². The number of hydrogen-bond acceptors (Lipinski definition) is 6. The summed E-state index contributed by atoms with van der Waals surface area (Å²) in [7, 11) is -0.704. The number of carbonyl (C=O) groups is 1. The molecule has 0 spiro atoms. The molecule has 0 radical (unpaired) electrons. The largest absolute Gasteiger partial charge is 0.497 e. The number of benzene rings is 2. The lowest BCUT2D eigenvalue weighted by Gasteiger charge is -2.38. The lowest BCUT2D eigenvalue weighted by atomic mass is 9.89. The molecule has 1 heterocycles. The van der Waals surface area contributed by atoms with E-state index in [1.165, 1.54) is 7.11 Å². The average Bonchev–Trinajstić information content (AvgIpc) is 2.69. The van der Waals surface area contributed by atoms with Crippen molar-refractivity contribution in [3.05, 3.63) is 47.5 Å². The summed E-state index contributed by atoms with van der Waals surface area (Å²) < 4.78 is 42.9. The van der Waals surface area contributed by atoms with Crippen LogP contribution in [0.4, 0.5) is 5.69 Å². The number of methoxy groups -OCH3 is 2. The topological polar surface area (TPSA) is 94.2 Å². The van der Waals surface area contributed by atoms with E-state index in [0.717, 1.165) is 21.7 Å². The smallest absolute Gasteiger partial charge is 0.241 e. The molecule has 1 atom stereocenters. The van der Waals surface area contributed by atoms with Gasteiger partial charge in [-0.3, -0.25) is 9.10 Å². The lowest BCUT2D eigenvalue weighted by Crippen LogP contribution is -2.45. The Hall–Kier alpha value is -2.94. The third-order valence-corrected chi connectivity index (χ3v) is 6.43. The zero-order valence-electron chi connectivity index (χ0n) is 19.3. The van der Waals surface area contributed by atoms with Crippen molar-refractivity contribution in [1.82, 2.24) is 5.32 Å². The molecule has 1 aliphatic heterocycles. The summed E-state index contributed by atoms with van der Waals surface area (Å²) in [5, 5.41) is 2.99. The molecule has 2 aromatic carbocycles. The molecule has 174 valence electrons. The molecule has 3 rings (SSSR count). The predicted octanol–water partition coefficient (Wildman–Crippen LogP) is 3.20. The van der Waals surface area contributed by atoms with Crippen LogP contribution in [-0.4, -0.2) is 46.9 Å². The molecule has 9 heteroatoms. The minimum absolute atomic E-state index is 0.322. The molecule has 8 nitrogen and oxygen atoms in total. The molecular formula is C23H30N2O6S. The Morgan fingerprint density at radius 1 is 1.19 bits per heavy atom. The number of ether oxygens (including phenoxy) is 3. The average molecular weight is 463 g/mol. The first kappa shape index (κ1) is 23.7. The van der Waals surface area contributed by atoms with Crippen molar-refractivity contribution >= 4 is 21.6 Å². The molecule has 0 saturated heterocycles. The quantitative estimate of drug-likeness (QED) is 0.679. The highest BCUT2D eigenvalue weighted by Gasteiger charge is 2.35. The SMILES string of the molecule is COc1ccc2c(c1)OC(C)(C)CC2NC(=O)CN(c1cc(C)ccc1OC)S(C)(=O)=O. The van der Waals surface area contributed by atoms with E-state index in [1.807, 2.05) is 32.9 Å². The van der Waals surface area contributed by atoms with Gasteiger partial charge in [0.1, 0.15) is 29.4 Å². The van der Waals surface area contributed by atoms with Gasteiger partial charge in [-0.15, -0.1) is 0 Å². The van der Waals surface area contributed by atoms with Crippen molar-refractivity contribution in [2.45, 2.75) is 38.8 Å². The first-order valence-electron chi connectivity index (χ1n) is 10.2. The fraction of sp³-hybridized carbons (Fsp3) is 0.435. The van der Waals surface area contributed by atoms with Crippen molar-refractivity contribution in [3.63, 3.8) is 0 Å². The van der Waals surface area contributed by atoms with Crippen LogP contribution in [0.25, 0.3) is 0 Å². The molecule has 2 aromatic rings. The molecule has 1 amide bonds. The lowest BCUT2D eigenvalue weighted by molar-refractivity contribution is -0.120. The van der Waals surface area contributed by atoms with Crippen LogP contribution in [0.2, 0.25) is 0 Å². The molecule has 1 unspecified atom stereocenters. The van der Waals surface area contributed by atoms with Gasteiger partial charge in [0.25, 0.3) is 0 Å². The number of amides is 1. The maximum atomic E-state index is 13.0. The standard InChI is InChI=1S/C23H30N2O6S/c1-15-7-10-20(30-5)19(11-15)25(32(6,27)28)14-22(26)24-18-13-23(2,3)31-21-12-16(29-4)8-9-17(18)21/h7-12,18H,13-14H2,1-6H3,(H,24,26). The zero-order valence-corrected chi connectivity index (χ0v) is 20.1. The van der Waals surface area contributed by atoms with Crippen molar-refractivity contribution in [2.24, 2.45) is 0 Å². The third-order valence-electron chi connectivity index (χ3n) is 5.30. The van der Waals surface area contributed by atoms with Crippen molar-refractivity contribution in [3.8, 4) is 17.2 Å². The highest BCUT2D eigenvalue weighted by Crippen LogP contribution is 2.41. The Labute approximate surface area is 189 Å². The number of anilines is 1. The normalized spacial score (nSPS) is 17.0. The van der Waals surface area contributed by atoms with Crippen LogP contribution in [0.5, 0.6) is 17.2 Å². The Morgan fingerprint density at radius 3 is 2.53 bits per heavy atom. The molecule has 0 saturated carbocycles. The minimum Gasteiger partial charge on any atom is -0.497 e. The second kappa shape index (κ2) is 8.90. The highest BCUT2D eigenvalue weighted by molar-refractivity contribution is 7.92. The number of carbonyl (C=O) groups excluding carboxylic acids is 1. The second-order valence-electron chi connectivity index (χ2n) is 8.53. The van der Waals surface area contributed by atoms with Crippen LogP contribution < -0.4 is 23.8 Å². The van der Waals surface area contributed by atoms with Crippen LogP contribution in [0, 0.1) is 6.92 Å². The van der Waals surface area contributed by atoms with E-state index < -0.39 is 21.5 Å². The first-order chi connectivity index (χ1) is 14.9. The summed E-state index contributed by atoms with van der Waals surface area (Å²) in [6.07, 6.45) is 1.60. The second-order valence-corrected chi connectivity index (χ2v) is 10.4. The molecule has 0 bridgehead atoms. The molecular weight excluding hydrogens is 432 g/mol. The van der Waals surface area contributed by atoms with Crippen molar-refractivity contribution < 1.29 is 27.4 Å². The van der Waals surface area contributed by atoms with E-state index in [-0.39, 0.29) is 12.6 Å². The van der Waals surface area contributed by atoms with Crippen LogP contribution in [0.3, 0.4) is 0 Å². The van der Waals surface area contributed by atoms with Gasteiger partial charge < -0.3 is 19.5 Å². The Kier molecular flexibility index (Phi) is 6.59. The number of sulfonamides is 1. The number of aryl methyl sites for hydroxylation is 1. The minimum atomic E-state index is -3.74. The van der Waals surface area contributed by atoms with E-state index in [1.54, 1.807) is 31.4 Å².